The van der Waals surface area contributed by atoms with Crippen LogP contribution in [-0.2, 0) is 9.53 Å². The van der Waals surface area contributed by atoms with Crippen molar-refractivity contribution in [2.75, 3.05) is 21.2 Å². The van der Waals surface area contributed by atoms with Gasteiger partial charge in [-0.25, -0.2) is 0 Å². The van der Waals surface area contributed by atoms with Crippen LogP contribution in [0.3, 0.4) is 0 Å². The van der Waals surface area contributed by atoms with Crippen molar-refractivity contribution in [2.45, 2.75) is 31.8 Å². The number of hydrogen-bond acceptors (Lipinski definition) is 2. The van der Waals surface area contributed by atoms with Crippen LogP contribution in [0.1, 0.15) is 25.7 Å². The van der Waals surface area contributed by atoms with Crippen molar-refractivity contribution in [3.8, 4) is 0 Å². The van der Waals surface area contributed by atoms with E-state index >= 15 is 0 Å². The second kappa shape index (κ2) is 4.61. The summed E-state index contributed by atoms with van der Waals surface area (Å²) in [6, 6.07) is 0. The molecule has 1 rings (SSSR count). The minimum Gasteiger partial charge on any atom is -0.381 e. The molecule has 0 N–H and O–H groups in total. The first-order valence-corrected chi connectivity index (χ1v) is 4.89. The predicted molar refractivity (Wildman–Crippen MR) is 51.4 cm³/mol. The lowest BCUT2D eigenvalue weighted by Gasteiger charge is -2.28. The molecule has 1 aliphatic rings. The van der Waals surface area contributed by atoms with Crippen LogP contribution < -0.4 is 0 Å². The van der Waals surface area contributed by atoms with Gasteiger partial charge in [0, 0.05) is 27.1 Å². The Bertz CT molecular complexity index is 172. The Kier molecular flexibility index (Phi) is 3.72. The highest BCUT2D eigenvalue weighted by molar-refractivity contribution is 5.78. The number of amides is 1. The van der Waals surface area contributed by atoms with Gasteiger partial charge in [-0.05, 0) is 25.7 Å². The van der Waals surface area contributed by atoms with Gasteiger partial charge in [0.2, 0.25) is 5.91 Å². The van der Waals surface area contributed by atoms with Crippen LogP contribution in [0.2, 0.25) is 0 Å². The maximum Gasteiger partial charge on any atom is 0.225 e. The van der Waals surface area contributed by atoms with Crippen LogP contribution in [0.4, 0.5) is 0 Å². The van der Waals surface area contributed by atoms with Crippen LogP contribution in [-0.4, -0.2) is 38.1 Å². The van der Waals surface area contributed by atoms with Crippen molar-refractivity contribution in [3.63, 3.8) is 0 Å². The normalized spacial score (nSPS) is 28.5. The van der Waals surface area contributed by atoms with Crippen LogP contribution in [0, 0.1) is 5.92 Å². The standard InChI is InChI=1S/C10H19NO2/c1-11(2)10(12)8-4-6-9(13-3)7-5-8/h8-9H,4-7H2,1-3H3/t8-,9-. The minimum absolute atomic E-state index is 0.237. The van der Waals surface area contributed by atoms with Crippen LogP contribution in [0.15, 0.2) is 0 Å². The van der Waals surface area contributed by atoms with Crippen molar-refractivity contribution in [2.24, 2.45) is 5.92 Å². The molecule has 0 spiro atoms. The Morgan fingerprint density at radius 1 is 1.23 bits per heavy atom. The molecule has 1 saturated carbocycles. The molecule has 0 aromatic carbocycles. The monoisotopic (exact) mass is 185 g/mol. The van der Waals surface area contributed by atoms with Crippen molar-refractivity contribution >= 4 is 5.91 Å². The lowest BCUT2D eigenvalue weighted by Crippen LogP contribution is -2.33. The van der Waals surface area contributed by atoms with Gasteiger partial charge < -0.3 is 9.64 Å². The summed E-state index contributed by atoms with van der Waals surface area (Å²) < 4.78 is 5.25. The summed E-state index contributed by atoms with van der Waals surface area (Å²) in [5, 5.41) is 0. The molecule has 0 atom stereocenters. The first-order chi connectivity index (χ1) is 6.15. The maximum absolute atomic E-state index is 11.6. The van der Waals surface area contributed by atoms with E-state index in [1.165, 1.54) is 0 Å². The van der Waals surface area contributed by atoms with Gasteiger partial charge in [-0.1, -0.05) is 0 Å². The second-order valence-corrected chi connectivity index (χ2v) is 3.94. The highest BCUT2D eigenvalue weighted by Gasteiger charge is 2.26. The van der Waals surface area contributed by atoms with Crippen molar-refractivity contribution in [1.29, 1.82) is 0 Å². The highest BCUT2D eigenvalue weighted by Crippen LogP contribution is 2.26. The molecule has 0 radical (unpaired) electrons. The first-order valence-electron chi connectivity index (χ1n) is 4.89. The van der Waals surface area contributed by atoms with Crippen molar-refractivity contribution < 1.29 is 9.53 Å². The van der Waals surface area contributed by atoms with Crippen LogP contribution in [0.25, 0.3) is 0 Å². The zero-order valence-corrected chi connectivity index (χ0v) is 8.75. The molecule has 1 aliphatic carbocycles. The van der Waals surface area contributed by atoms with Gasteiger partial charge in [-0.2, -0.15) is 0 Å². The lowest BCUT2D eigenvalue weighted by molar-refractivity contribution is -0.134. The molecular weight excluding hydrogens is 166 g/mol. The number of hydrogen-bond donors (Lipinski definition) is 0. The largest absolute Gasteiger partial charge is 0.381 e. The summed E-state index contributed by atoms with van der Waals surface area (Å²) in [7, 11) is 5.40. The Labute approximate surface area is 80.1 Å². The van der Waals surface area contributed by atoms with Gasteiger partial charge >= 0.3 is 0 Å². The van der Waals surface area contributed by atoms with Gasteiger partial charge in [0.05, 0.1) is 6.10 Å². The Morgan fingerprint density at radius 2 is 1.77 bits per heavy atom. The fraction of sp³-hybridized carbons (Fsp3) is 0.900. The second-order valence-electron chi connectivity index (χ2n) is 3.94. The van der Waals surface area contributed by atoms with Crippen LogP contribution in [0.5, 0.6) is 0 Å². The Balaban J connectivity index is 2.36. The third kappa shape index (κ3) is 2.69. The quantitative estimate of drug-likeness (QED) is 0.648. The number of carbonyl (C=O) groups is 1. The van der Waals surface area contributed by atoms with Gasteiger partial charge in [-0.3, -0.25) is 4.79 Å². The van der Waals surface area contributed by atoms with Crippen molar-refractivity contribution in [1.82, 2.24) is 4.90 Å². The van der Waals surface area contributed by atoms with Gasteiger partial charge in [0.1, 0.15) is 0 Å². The molecule has 0 aromatic heterocycles. The molecule has 3 heteroatoms. The van der Waals surface area contributed by atoms with E-state index in [0.29, 0.717) is 6.10 Å². The molecule has 0 aromatic rings. The molecular formula is C10H19NO2. The minimum atomic E-state index is 0.237. The molecule has 13 heavy (non-hydrogen) atoms. The molecule has 1 amide bonds. The summed E-state index contributed by atoms with van der Waals surface area (Å²) in [6.07, 6.45) is 4.40. The lowest BCUT2D eigenvalue weighted by atomic mass is 9.86. The van der Waals surface area contributed by atoms with Crippen molar-refractivity contribution in [3.05, 3.63) is 0 Å². The number of nitrogens with zero attached hydrogens (tertiary/aromatic N) is 1. The summed E-state index contributed by atoms with van der Waals surface area (Å²) in [5.41, 5.74) is 0. The van der Waals surface area contributed by atoms with Gasteiger partial charge in [0.25, 0.3) is 0 Å². The van der Waals surface area contributed by atoms with E-state index < -0.39 is 0 Å². The number of methoxy groups -OCH3 is 1. The topological polar surface area (TPSA) is 29.5 Å². The Hall–Kier alpha value is -0.570. The van der Waals surface area contributed by atoms with Crippen LogP contribution >= 0.6 is 0 Å². The summed E-state index contributed by atoms with van der Waals surface area (Å²) >= 11 is 0. The molecule has 0 saturated heterocycles. The third-order valence-corrected chi connectivity index (χ3v) is 2.80. The fourth-order valence-electron chi connectivity index (χ4n) is 1.91. The SMILES string of the molecule is CO[C@H]1CC[C@H](C(=O)N(C)C)CC1. The fourth-order valence-corrected chi connectivity index (χ4v) is 1.91. The van der Waals surface area contributed by atoms with E-state index in [9.17, 15) is 4.79 Å². The van der Waals surface area contributed by atoms with E-state index in [0.717, 1.165) is 25.7 Å². The average molecular weight is 185 g/mol. The van der Waals surface area contributed by atoms with E-state index in [1.807, 2.05) is 14.1 Å². The number of ether oxygens (including phenoxy) is 1. The molecule has 1 fully saturated rings. The summed E-state index contributed by atoms with van der Waals surface area (Å²) in [5.74, 6) is 0.510. The zero-order chi connectivity index (χ0) is 9.84. The molecule has 0 bridgehead atoms. The summed E-state index contributed by atoms with van der Waals surface area (Å²) in [4.78, 5) is 13.3. The Morgan fingerprint density at radius 3 is 2.15 bits per heavy atom. The van der Waals surface area contributed by atoms with E-state index in [1.54, 1.807) is 12.0 Å². The third-order valence-electron chi connectivity index (χ3n) is 2.80. The summed E-state index contributed by atoms with van der Waals surface area (Å²) in [6.45, 7) is 0. The molecule has 3 nitrogen and oxygen atoms in total. The molecule has 0 unspecified atom stereocenters. The van der Waals surface area contributed by atoms with E-state index in [4.69, 9.17) is 4.74 Å². The predicted octanol–water partition coefficient (Wildman–Crippen LogP) is 1.28. The maximum atomic E-state index is 11.6. The smallest absolute Gasteiger partial charge is 0.225 e. The number of rotatable bonds is 2. The molecule has 0 aliphatic heterocycles. The van der Waals surface area contributed by atoms with E-state index in [-0.39, 0.29) is 11.8 Å². The highest BCUT2D eigenvalue weighted by atomic mass is 16.5. The number of carbonyl (C=O) groups excluding carboxylic acids is 1. The van der Waals surface area contributed by atoms with Gasteiger partial charge in [-0.15, -0.1) is 0 Å². The van der Waals surface area contributed by atoms with Gasteiger partial charge in [0.15, 0.2) is 0 Å². The molecule has 76 valence electrons. The average Bonchev–Trinajstić information content (AvgIpc) is 2.17. The zero-order valence-electron chi connectivity index (χ0n) is 8.75. The first kappa shape index (κ1) is 10.5. The molecule has 0 heterocycles. The van der Waals surface area contributed by atoms with E-state index in [2.05, 4.69) is 0 Å².